The van der Waals surface area contributed by atoms with Gasteiger partial charge in [-0.15, -0.1) is 0 Å². The summed E-state index contributed by atoms with van der Waals surface area (Å²) >= 11 is 0. The van der Waals surface area contributed by atoms with Crippen LogP contribution in [0.3, 0.4) is 0 Å². The Morgan fingerprint density at radius 3 is 2.48 bits per heavy atom. The molecule has 6 nitrogen and oxygen atoms in total. The van der Waals surface area contributed by atoms with Gasteiger partial charge in [0, 0.05) is 17.8 Å². The van der Waals surface area contributed by atoms with Crippen molar-refractivity contribution in [2.24, 2.45) is 0 Å². The van der Waals surface area contributed by atoms with Crippen LogP contribution in [0.4, 0.5) is 0 Å². The molecule has 0 atom stereocenters. The average Bonchev–Trinajstić information content (AvgIpc) is 2.68. The molecule has 29 heavy (non-hydrogen) atoms. The van der Waals surface area contributed by atoms with Crippen molar-refractivity contribution in [1.29, 1.82) is 0 Å². The number of hydrogen-bond acceptors (Lipinski definition) is 5. The van der Waals surface area contributed by atoms with Gasteiger partial charge in [-0.3, -0.25) is 4.98 Å². The number of carbonyl (C=O) groups is 1. The zero-order valence-electron chi connectivity index (χ0n) is 16.5. The molecule has 0 amide bonds. The van der Waals surface area contributed by atoms with E-state index in [2.05, 4.69) is 9.97 Å². The smallest absolute Gasteiger partial charge is 0.328 e. The topological polar surface area (TPSA) is 81.5 Å². The molecule has 0 aliphatic carbocycles. The van der Waals surface area contributed by atoms with Gasteiger partial charge < -0.3 is 14.6 Å². The van der Waals surface area contributed by atoms with Crippen molar-refractivity contribution in [1.82, 2.24) is 9.97 Å². The molecule has 0 bridgehead atoms. The van der Waals surface area contributed by atoms with Crippen molar-refractivity contribution in [3.05, 3.63) is 82.8 Å². The fourth-order valence-corrected chi connectivity index (χ4v) is 2.86. The molecule has 2 heterocycles. The molecule has 148 valence electrons. The summed E-state index contributed by atoms with van der Waals surface area (Å²) in [5, 5.41) is 8.77. The van der Waals surface area contributed by atoms with Gasteiger partial charge in [-0.25, -0.2) is 9.78 Å². The number of pyridine rings is 2. The monoisotopic (exact) mass is 390 g/mol. The van der Waals surface area contributed by atoms with E-state index in [9.17, 15) is 4.79 Å². The maximum absolute atomic E-state index is 10.7. The summed E-state index contributed by atoms with van der Waals surface area (Å²) < 4.78 is 11.7. The number of hydrogen-bond donors (Lipinski definition) is 1. The Bertz CT molecular complexity index is 1020. The van der Waals surface area contributed by atoms with Crippen LogP contribution in [0, 0.1) is 20.8 Å². The molecule has 0 fully saturated rings. The Labute approximate surface area is 169 Å². The van der Waals surface area contributed by atoms with Gasteiger partial charge in [0.05, 0.1) is 11.9 Å². The number of nitrogens with zero attached hydrogens (tertiary/aromatic N) is 2. The standard InChI is InChI=1S/C23H22N2O4/c1-15-11-18(7-10-22(26)27)12-16(2)23(15)29-21-9-8-20(13-24-21)28-14-19-6-4-5-17(3)25-19/h4-13H,14H2,1-3H3,(H,26,27)/b10-7+. The second-order valence-corrected chi connectivity index (χ2v) is 6.65. The largest absolute Gasteiger partial charge is 0.486 e. The Hall–Kier alpha value is -3.67. The second-order valence-electron chi connectivity index (χ2n) is 6.65. The summed E-state index contributed by atoms with van der Waals surface area (Å²) in [4.78, 5) is 19.4. The highest BCUT2D eigenvalue weighted by Gasteiger charge is 2.08. The lowest BCUT2D eigenvalue weighted by Gasteiger charge is -2.13. The van der Waals surface area contributed by atoms with E-state index in [-0.39, 0.29) is 0 Å². The SMILES string of the molecule is Cc1cccc(COc2ccc(Oc3c(C)cc(/C=C/C(=O)O)cc3C)nc2)n1. The maximum Gasteiger partial charge on any atom is 0.328 e. The van der Waals surface area contributed by atoms with Gasteiger partial charge in [0.25, 0.3) is 0 Å². The second kappa shape index (κ2) is 9.01. The van der Waals surface area contributed by atoms with Crippen LogP contribution in [0.1, 0.15) is 28.1 Å². The van der Waals surface area contributed by atoms with Crippen molar-refractivity contribution in [2.75, 3.05) is 0 Å². The number of carboxylic acids is 1. The van der Waals surface area contributed by atoms with Gasteiger partial charge >= 0.3 is 5.97 Å². The molecule has 0 saturated carbocycles. The third-order valence-electron chi connectivity index (χ3n) is 4.15. The van der Waals surface area contributed by atoms with Crippen LogP contribution in [-0.4, -0.2) is 21.0 Å². The summed E-state index contributed by atoms with van der Waals surface area (Å²) in [6, 6.07) is 13.1. The fourth-order valence-electron chi connectivity index (χ4n) is 2.86. The Kier molecular flexibility index (Phi) is 6.24. The molecule has 0 unspecified atom stereocenters. The fraction of sp³-hybridized carbons (Fsp3) is 0.174. The molecular weight excluding hydrogens is 368 g/mol. The number of carboxylic acid groups (broad SMARTS) is 1. The van der Waals surface area contributed by atoms with E-state index in [0.29, 0.717) is 24.0 Å². The van der Waals surface area contributed by atoms with E-state index in [1.54, 1.807) is 24.4 Å². The first kappa shape index (κ1) is 20.1. The van der Waals surface area contributed by atoms with Crippen molar-refractivity contribution in [2.45, 2.75) is 27.4 Å². The van der Waals surface area contributed by atoms with E-state index in [1.807, 2.05) is 51.1 Å². The van der Waals surface area contributed by atoms with Crippen LogP contribution >= 0.6 is 0 Å². The lowest BCUT2D eigenvalue weighted by molar-refractivity contribution is -0.131. The lowest BCUT2D eigenvalue weighted by atomic mass is 10.1. The van der Waals surface area contributed by atoms with Crippen LogP contribution < -0.4 is 9.47 Å². The zero-order chi connectivity index (χ0) is 20.8. The number of rotatable bonds is 7. The third-order valence-corrected chi connectivity index (χ3v) is 4.15. The van der Waals surface area contributed by atoms with Gasteiger partial charge in [-0.05, 0) is 73.9 Å². The quantitative estimate of drug-likeness (QED) is 0.580. The number of aromatic nitrogens is 2. The van der Waals surface area contributed by atoms with Crippen LogP contribution in [-0.2, 0) is 11.4 Å². The molecule has 1 aromatic carbocycles. The molecule has 0 aliphatic heterocycles. The summed E-state index contributed by atoms with van der Waals surface area (Å²) in [6.45, 7) is 6.13. The van der Waals surface area contributed by atoms with Gasteiger partial charge in [-0.1, -0.05) is 6.07 Å². The third kappa shape index (κ3) is 5.65. The van der Waals surface area contributed by atoms with Gasteiger partial charge in [-0.2, -0.15) is 0 Å². The van der Waals surface area contributed by atoms with E-state index < -0.39 is 5.97 Å². The first-order chi connectivity index (χ1) is 13.9. The molecule has 1 N–H and O–H groups in total. The number of ether oxygens (including phenoxy) is 2. The van der Waals surface area contributed by atoms with Crippen LogP contribution in [0.2, 0.25) is 0 Å². The minimum Gasteiger partial charge on any atom is -0.486 e. The molecule has 3 aromatic rings. The molecule has 0 saturated heterocycles. The Morgan fingerprint density at radius 2 is 1.86 bits per heavy atom. The first-order valence-electron chi connectivity index (χ1n) is 9.12. The predicted molar refractivity (Wildman–Crippen MR) is 110 cm³/mol. The molecular formula is C23H22N2O4. The Morgan fingerprint density at radius 1 is 1.10 bits per heavy atom. The van der Waals surface area contributed by atoms with Crippen molar-refractivity contribution in [3.8, 4) is 17.4 Å². The summed E-state index contributed by atoms with van der Waals surface area (Å²) in [5.74, 6) is 0.794. The average molecular weight is 390 g/mol. The van der Waals surface area contributed by atoms with Crippen LogP contribution in [0.5, 0.6) is 17.4 Å². The van der Waals surface area contributed by atoms with E-state index in [0.717, 1.165) is 34.2 Å². The first-order valence-corrected chi connectivity index (χ1v) is 9.12. The van der Waals surface area contributed by atoms with E-state index >= 15 is 0 Å². The molecule has 0 spiro atoms. The normalized spacial score (nSPS) is 10.9. The Balaban J connectivity index is 1.67. The van der Waals surface area contributed by atoms with Gasteiger partial charge in [0.2, 0.25) is 5.88 Å². The summed E-state index contributed by atoms with van der Waals surface area (Å²) in [7, 11) is 0. The maximum atomic E-state index is 10.7. The molecule has 0 radical (unpaired) electrons. The van der Waals surface area contributed by atoms with Crippen molar-refractivity contribution < 1.29 is 19.4 Å². The van der Waals surface area contributed by atoms with Crippen LogP contribution in [0.25, 0.3) is 6.08 Å². The molecule has 3 rings (SSSR count). The number of aryl methyl sites for hydroxylation is 3. The van der Waals surface area contributed by atoms with Gasteiger partial charge in [0.1, 0.15) is 18.1 Å². The van der Waals surface area contributed by atoms with E-state index in [4.69, 9.17) is 14.6 Å². The minimum atomic E-state index is -0.981. The van der Waals surface area contributed by atoms with Gasteiger partial charge in [0.15, 0.2) is 0 Å². The highest BCUT2D eigenvalue weighted by atomic mass is 16.5. The minimum absolute atomic E-state index is 0.368. The molecule has 6 heteroatoms. The van der Waals surface area contributed by atoms with Crippen molar-refractivity contribution in [3.63, 3.8) is 0 Å². The van der Waals surface area contributed by atoms with E-state index in [1.165, 1.54) is 0 Å². The highest BCUT2D eigenvalue weighted by Crippen LogP contribution is 2.30. The molecule has 2 aromatic heterocycles. The number of benzene rings is 1. The summed E-state index contributed by atoms with van der Waals surface area (Å²) in [6.07, 6.45) is 4.28. The van der Waals surface area contributed by atoms with Crippen LogP contribution in [0.15, 0.2) is 54.7 Å². The zero-order valence-corrected chi connectivity index (χ0v) is 16.5. The highest BCUT2D eigenvalue weighted by molar-refractivity contribution is 5.85. The lowest BCUT2D eigenvalue weighted by Crippen LogP contribution is -2.00. The predicted octanol–water partition coefficient (Wildman–Crippen LogP) is 4.87. The summed E-state index contributed by atoms with van der Waals surface area (Å²) in [5.41, 5.74) is 4.39. The molecule has 0 aliphatic rings. The number of aliphatic carboxylic acids is 1. The van der Waals surface area contributed by atoms with Crippen molar-refractivity contribution >= 4 is 12.0 Å².